The van der Waals surface area contributed by atoms with Crippen molar-refractivity contribution in [1.29, 1.82) is 0 Å². The largest absolute Gasteiger partial charge is 0.0984 e. The average Bonchev–Trinajstić information content (AvgIpc) is 2.15. The van der Waals surface area contributed by atoms with Crippen LogP contribution < -0.4 is 0 Å². The maximum absolute atomic E-state index is 3.93. The van der Waals surface area contributed by atoms with Gasteiger partial charge in [-0.05, 0) is 28.0 Å². The molecule has 0 fully saturated rings. The zero-order valence-electron chi connectivity index (χ0n) is 10.5. The Kier molecular flexibility index (Phi) is 3.38. The van der Waals surface area contributed by atoms with Crippen molar-refractivity contribution in [3.8, 4) is 0 Å². The minimum absolute atomic E-state index is 0.176. The molecule has 0 unspecified atom stereocenters. The SMILES string of the molecule is C=Cc1c([C](C)C)cccc1C(C)(C)C. The Balaban J connectivity index is 3.42. The monoisotopic (exact) mass is 201 g/mol. The third-order valence-corrected chi connectivity index (χ3v) is 2.66. The van der Waals surface area contributed by atoms with Crippen LogP contribution in [0.25, 0.3) is 6.08 Å². The van der Waals surface area contributed by atoms with E-state index >= 15 is 0 Å². The molecule has 0 saturated carbocycles. The molecule has 0 heterocycles. The van der Waals surface area contributed by atoms with Crippen molar-refractivity contribution in [2.45, 2.75) is 40.0 Å². The van der Waals surface area contributed by atoms with Gasteiger partial charge in [0.2, 0.25) is 0 Å². The van der Waals surface area contributed by atoms with Crippen molar-refractivity contribution >= 4 is 6.08 Å². The first kappa shape index (κ1) is 12.0. The molecule has 0 amide bonds. The molecule has 0 bridgehead atoms. The van der Waals surface area contributed by atoms with E-state index in [1.165, 1.54) is 22.6 Å². The fourth-order valence-corrected chi connectivity index (χ4v) is 1.88. The second-order valence-electron chi connectivity index (χ2n) is 5.22. The lowest BCUT2D eigenvalue weighted by atomic mass is 9.80. The highest BCUT2D eigenvalue weighted by atomic mass is 14.2. The molecule has 0 N–H and O–H groups in total. The molecule has 15 heavy (non-hydrogen) atoms. The molecular formula is C15H21. The molecular weight excluding hydrogens is 180 g/mol. The van der Waals surface area contributed by atoms with E-state index in [4.69, 9.17) is 0 Å². The highest BCUT2D eigenvalue weighted by molar-refractivity contribution is 5.61. The van der Waals surface area contributed by atoms with Crippen LogP contribution in [0.2, 0.25) is 0 Å². The zero-order chi connectivity index (χ0) is 11.6. The normalized spacial score (nSPS) is 11.9. The van der Waals surface area contributed by atoms with E-state index in [2.05, 4.69) is 59.4 Å². The first-order chi connectivity index (χ1) is 6.88. The van der Waals surface area contributed by atoms with Gasteiger partial charge in [-0.3, -0.25) is 0 Å². The molecule has 0 heteroatoms. The van der Waals surface area contributed by atoms with Gasteiger partial charge in [0, 0.05) is 0 Å². The Hall–Kier alpha value is -1.04. The van der Waals surface area contributed by atoms with Gasteiger partial charge >= 0.3 is 0 Å². The minimum Gasteiger partial charge on any atom is -0.0984 e. The maximum Gasteiger partial charge on any atom is -0.000580 e. The number of hydrogen-bond donors (Lipinski definition) is 0. The van der Waals surface area contributed by atoms with Crippen molar-refractivity contribution in [3.63, 3.8) is 0 Å². The summed E-state index contributed by atoms with van der Waals surface area (Å²) >= 11 is 0. The Morgan fingerprint density at radius 2 is 1.80 bits per heavy atom. The summed E-state index contributed by atoms with van der Waals surface area (Å²) in [6.07, 6.45) is 1.98. The molecule has 1 rings (SSSR count). The van der Waals surface area contributed by atoms with E-state index in [9.17, 15) is 0 Å². The lowest BCUT2D eigenvalue weighted by Crippen LogP contribution is -2.14. The van der Waals surface area contributed by atoms with Crippen molar-refractivity contribution < 1.29 is 0 Å². The molecule has 0 saturated heterocycles. The van der Waals surface area contributed by atoms with Gasteiger partial charge in [0.15, 0.2) is 0 Å². The van der Waals surface area contributed by atoms with Crippen LogP contribution in [0.1, 0.15) is 51.3 Å². The van der Waals surface area contributed by atoms with Gasteiger partial charge < -0.3 is 0 Å². The van der Waals surface area contributed by atoms with Gasteiger partial charge in [0.1, 0.15) is 0 Å². The number of rotatable bonds is 2. The molecule has 1 aromatic carbocycles. The average molecular weight is 201 g/mol. The standard InChI is InChI=1S/C15H21/c1-7-12-13(11(2)3)9-8-10-14(12)15(4,5)6/h7-10H,1H2,2-6H3. The molecule has 1 radical (unpaired) electrons. The second-order valence-corrected chi connectivity index (χ2v) is 5.22. The van der Waals surface area contributed by atoms with Crippen molar-refractivity contribution in [1.82, 2.24) is 0 Å². The fourth-order valence-electron chi connectivity index (χ4n) is 1.88. The summed E-state index contributed by atoms with van der Waals surface area (Å²) in [6, 6.07) is 6.50. The Morgan fingerprint density at radius 3 is 2.20 bits per heavy atom. The minimum atomic E-state index is 0.176. The third kappa shape index (κ3) is 2.50. The summed E-state index contributed by atoms with van der Waals surface area (Å²) in [5, 5.41) is 0. The molecule has 0 atom stereocenters. The van der Waals surface area contributed by atoms with E-state index in [0.717, 1.165) is 0 Å². The molecule has 81 valence electrons. The van der Waals surface area contributed by atoms with Crippen molar-refractivity contribution in [3.05, 3.63) is 47.4 Å². The lowest BCUT2D eigenvalue weighted by Gasteiger charge is -2.24. The predicted octanol–water partition coefficient (Wildman–Crippen LogP) is 4.59. The summed E-state index contributed by atoms with van der Waals surface area (Å²) in [7, 11) is 0. The maximum atomic E-state index is 3.93. The highest BCUT2D eigenvalue weighted by Crippen LogP contribution is 2.31. The van der Waals surface area contributed by atoms with Crippen molar-refractivity contribution in [2.24, 2.45) is 0 Å². The third-order valence-electron chi connectivity index (χ3n) is 2.66. The summed E-state index contributed by atoms with van der Waals surface area (Å²) in [6.45, 7) is 15.0. The first-order valence-electron chi connectivity index (χ1n) is 5.44. The van der Waals surface area contributed by atoms with Crippen LogP contribution in [0.4, 0.5) is 0 Å². The van der Waals surface area contributed by atoms with Gasteiger partial charge in [0.05, 0.1) is 0 Å². The van der Waals surface area contributed by atoms with Gasteiger partial charge in [0.25, 0.3) is 0 Å². The van der Waals surface area contributed by atoms with Crippen LogP contribution in [0.15, 0.2) is 24.8 Å². The zero-order valence-corrected chi connectivity index (χ0v) is 10.5. The summed E-state index contributed by atoms with van der Waals surface area (Å²) in [5.74, 6) is 1.34. The Morgan fingerprint density at radius 1 is 1.20 bits per heavy atom. The van der Waals surface area contributed by atoms with Crippen LogP contribution in [0, 0.1) is 5.92 Å². The Labute approximate surface area is 94.0 Å². The van der Waals surface area contributed by atoms with Crippen molar-refractivity contribution in [2.75, 3.05) is 0 Å². The quantitative estimate of drug-likeness (QED) is 0.656. The molecule has 0 aromatic heterocycles. The lowest BCUT2D eigenvalue weighted by molar-refractivity contribution is 0.588. The van der Waals surface area contributed by atoms with Crippen LogP contribution in [-0.2, 0) is 5.41 Å². The summed E-state index contributed by atoms with van der Waals surface area (Å²) in [4.78, 5) is 0. The van der Waals surface area contributed by atoms with E-state index in [-0.39, 0.29) is 5.41 Å². The summed E-state index contributed by atoms with van der Waals surface area (Å²) in [5.41, 5.74) is 4.15. The molecule has 0 aliphatic heterocycles. The van der Waals surface area contributed by atoms with E-state index < -0.39 is 0 Å². The first-order valence-corrected chi connectivity index (χ1v) is 5.44. The molecule has 0 nitrogen and oxygen atoms in total. The number of hydrogen-bond acceptors (Lipinski definition) is 0. The van der Waals surface area contributed by atoms with Crippen LogP contribution in [-0.4, -0.2) is 0 Å². The molecule has 0 aliphatic carbocycles. The predicted molar refractivity (Wildman–Crippen MR) is 68.9 cm³/mol. The van der Waals surface area contributed by atoms with E-state index in [1.54, 1.807) is 0 Å². The highest BCUT2D eigenvalue weighted by Gasteiger charge is 2.19. The molecule has 1 aromatic rings. The topological polar surface area (TPSA) is 0 Å². The van der Waals surface area contributed by atoms with E-state index in [1.807, 2.05) is 6.08 Å². The van der Waals surface area contributed by atoms with Gasteiger partial charge in [-0.2, -0.15) is 0 Å². The van der Waals surface area contributed by atoms with Crippen LogP contribution in [0.5, 0.6) is 0 Å². The van der Waals surface area contributed by atoms with Crippen LogP contribution in [0.3, 0.4) is 0 Å². The van der Waals surface area contributed by atoms with E-state index in [0.29, 0.717) is 0 Å². The molecule has 0 aliphatic rings. The van der Waals surface area contributed by atoms with Gasteiger partial charge in [-0.15, -0.1) is 0 Å². The Bertz CT molecular complexity index is 351. The second kappa shape index (κ2) is 4.22. The van der Waals surface area contributed by atoms with Gasteiger partial charge in [-0.25, -0.2) is 0 Å². The summed E-state index contributed by atoms with van der Waals surface area (Å²) < 4.78 is 0. The number of benzene rings is 1. The van der Waals surface area contributed by atoms with Crippen LogP contribution >= 0.6 is 0 Å². The molecule has 0 spiro atoms. The smallest absolute Gasteiger partial charge is 0.000580 e. The van der Waals surface area contributed by atoms with Gasteiger partial charge in [-0.1, -0.05) is 65.5 Å². The fraction of sp³-hybridized carbons (Fsp3) is 0.400.